The predicted octanol–water partition coefficient (Wildman–Crippen LogP) is 3.51. The zero-order chi connectivity index (χ0) is 20.9. The van der Waals surface area contributed by atoms with E-state index in [2.05, 4.69) is 49.4 Å². The fraction of sp³-hybridized carbons (Fsp3) is 0.0909. The van der Waals surface area contributed by atoms with Gasteiger partial charge < -0.3 is 16.2 Å². The van der Waals surface area contributed by atoms with Gasteiger partial charge in [0, 0.05) is 0 Å². The Morgan fingerprint density at radius 3 is 2.50 bits per heavy atom. The Bertz CT molecular complexity index is 1220. The fourth-order valence-electron chi connectivity index (χ4n) is 2.98. The maximum absolute atomic E-state index is 5.97. The lowest BCUT2D eigenvalue weighted by molar-refractivity contribution is 0.307. The van der Waals surface area contributed by atoms with Crippen LogP contribution < -0.4 is 16.2 Å². The van der Waals surface area contributed by atoms with Crippen molar-refractivity contribution in [1.29, 1.82) is 0 Å². The third-order valence-electron chi connectivity index (χ3n) is 4.61. The lowest BCUT2D eigenvalue weighted by Gasteiger charge is -2.09. The smallest absolute Gasteiger partial charge is 0.199 e. The minimum Gasteiger partial charge on any atom is -0.489 e. The molecule has 0 aliphatic carbocycles. The number of aromatic nitrogens is 2. The SMILES string of the molecule is C/C(=N\N=C(/N)c1nonc1N)c1ccc(OCc2cccc3ccccc23)cc1. The van der Waals surface area contributed by atoms with Crippen LogP contribution in [0.3, 0.4) is 0 Å². The van der Waals surface area contributed by atoms with Crippen LogP contribution in [-0.2, 0) is 6.61 Å². The Morgan fingerprint density at radius 1 is 0.967 bits per heavy atom. The largest absolute Gasteiger partial charge is 0.489 e. The first-order valence-electron chi connectivity index (χ1n) is 9.28. The minimum atomic E-state index is 0.0307. The molecule has 0 spiro atoms. The summed E-state index contributed by atoms with van der Waals surface area (Å²) in [5, 5.41) is 17.5. The number of amidine groups is 1. The highest BCUT2D eigenvalue weighted by Crippen LogP contribution is 2.21. The molecule has 150 valence electrons. The van der Waals surface area contributed by atoms with Crippen LogP contribution in [-0.4, -0.2) is 21.9 Å². The van der Waals surface area contributed by atoms with Gasteiger partial charge in [0.15, 0.2) is 17.3 Å². The monoisotopic (exact) mass is 400 g/mol. The highest BCUT2D eigenvalue weighted by Gasteiger charge is 2.10. The van der Waals surface area contributed by atoms with Gasteiger partial charge in [-0.3, -0.25) is 0 Å². The third kappa shape index (κ3) is 4.12. The third-order valence-corrected chi connectivity index (χ3v) is 4.61. The van der Waals surface area contributed by atoms with Gasteiger partial charge in [0.25, 0.3) is 0 Å². The molecule has 0 aliphatic heterocycles. The minimum absolute atomic E-state index is 0.0307. The van der Waals surface area contributed by atoms with Crippen molar-refractivity contribution in [1.82, 2.24) is 10.3 Å². The van der Waals surface area contributed by atoms with E-state index in [1.165, 1.54) is 10.8 Å². The molecule has 3 aromatic carbocycles. The first-order valence-corrected chi connectivity index (χ1v) is 9.28. The lowest BCUT2D eigenvalue weighted by Crippen LogP contribution is -2.15. The number of fused-ring (bicyclic) bond motifs is 1. The van der Waals surface area contributed by atoms with E-state index in [1.54, 1.807) is 0 Å². The maximum atomic E-state index is 5.97. The van der Waals surface area contributed by atoms with Crippen LogP contribution in [0.4, 0.5) is 5.82 Å². The summed E-state index contributed by atoms with van der Waals surface area (Å²) < 4.78 is 10.5. The molecule has 0 unspecified atom stereocenters. The van der Waals surface area contributed by atoms with Crippen molar-refractivity contribution in [2.45, 2.75) is 13.5 Å². The van der Waals surface area contributed by atoms with Gasteiger partial charge in [0.1, 0.15) is 12.4 Å². The van der Waals surface area contributed by atoms with Crippen molar-refractivity contribution in [3.05, 3.63) is 83.6 Å². The van der Waals surface area contributed by atoms with Gasteiger partial charge in [-0.25, -0.2) is 4.63 Å². The van der Waals surface area contributed by atoms with Crippen LogP contribution in [0.25, 0.3) is 10.8 Å². The van der Waals surface area contributed by atoms with Crippen molar-refractivity contribution in [3.8, 4) is 5.75 Å². The Hall–Kier alpha value is -4.20. The number of benzene rings is 3. The molecule has 0 radical (unpaired) electrons. The highest BCUT2D eigenvalue weighted by molar-refractivity contribution is 6.01. The van der Waals surface area contributed by atoms with Gasteiger partial charge in [0.2, 0.25) is 0 Å². The molecular formula is C22H20N6O2. The summed E-state index contributed by atoms with van der Waals surface area (Å²) in [6.07, 6.45) is 0. The molecule has 30 heavy (non-hydrogen) atoms. The van der Waals surface area contributed by atoms with Crippen LogP contribution in [0, 0.1) is 0 Å². The standard InChI is InChI=1S/C22H20N6O2/c1-14(25-26-21(23)20-22(24)28-30-27-20)15-9-11-18(12-10-15)29-13-17-7-4-6-16-5-2-3-8-19(16)17/h2-12H,13H2,1H3,(H2,23,26)(H2,24,28)/b25-14+. The Labute approximate surface area is 172 Å². The summed E-state index contributed by atoms with van der Waals surface area (Å²) in [5.41, 5.74) is 14.3. The summed E-state index contributed by atoms with van der Waals surface area (Å²) >= 11 is 0. The van der Waals surface area contributed by atoms with Crippen molar-refractivity contribution >= 4 is 28.1 Å². The van der Waals surface area contributed by atoms with E-state index in [0.29, 0.717) is 12.3 Å². The Kier molecular flexibility index (Phi) is 5.38. The van der Waals surface area contributed by atoms with E-state index in [4.69, 9.17) is 16.2 Å². The number of nitrogens with zero attached hydrogens (tertiary/aromatic N) is 4. The molecule has 4 N–H and O–H groups in total. The zero-order valence-electron chi connectivity index (χ0n) is 16.3. The number of nitrogens with two attached hydrogens (primary N) is 2. The molecule has 0 atom stereocenters. The zero-order valence-corrected chi connectivity index (χ0v) is 16.3. The summed E-state index contributed by atoms with van der Waals surface area (Å²) in [6, 6.07) is 22.1. The van der Waals surface area contributed by atoms with Gasteiger partial charge in [-0.15, -0.1) is 5.10 Å². The highest BCUT2D eigenvalue weighted by atomic mass is 16.6. The average molecular weight is 400 g/mol. The van der Waals surface area contributed by atoms with E-state index in [1.807, 2.05) is 49.4 Å². The molecule has 4 aromatic rings. The Balaban J connectivity index is 1.44. The van der Waals surface area contributed by atoms with Crippen molar-refractivity contribution in [2.24, 2.45) is 15.9 Å². The van der Waals surface area contributed by atoms with Crippen molar-refractivity contribution < 1.29 is 9.37 Å². The molecule has 0 amide bonds. The summed E-state index contributed by atoms with van der Waals surface area (Å²) in [6.45, 7) is 2.31. The van der Waals surface area contributed by atoms with Gasteiger partial charge in [-0.2, -0.15) is 5.10 Å². The van der Waals surface area contributed by atoms with E-state index in [0.717, 1.165) is 16.9 Å². The second-order valence-corrected chi connectivity index (χ2v) is 6.62. The summed E-state index contributed by atoms with van der Waals surface area (Å²) in [4.78, 5) is 0. The topological polar surface area (TPSA) is 125 Å². The van der Waals surface area contributed by atoms with Crippen LogP contribution in [0.15, 0.2) is 81.6 Å². The fourth-order valence-corrected chi connectivity index (χ4v) is 2.98. The molecule has 4 rings (SSSR count). The molecule has 0 aliphatic rings. The normalized spacial score (nSPS) is 12.3. The van der Waals surface area contributed by atoms with Crippen molar-refractivity contribution in [2.75, 3.05) is 5.73 Å². The molecule has 8 heteroatoms. The van der Waals surface area contributed by atoms with Gasteiger partial charge >= 0.3 is 0 Å². The van der Waals surface area contributed by atoms with E-state index in [-0.39, 0.29) is 17.3 Å². The number of hydrogen-bond donors (Lipinski definition) is 2. The second-order valence-electron chi connectivity index (χ2n) is 6.62. The number of ether oxygens (including phenoxy) is 1. The molecule has 0 saturated carbocycles. The molecule has 0 bridgehead atoms. The van der Waals surface area contributed by atoms with Crippen LogP contribution in [0.2, 0.25) is 0 Å². The molecule has 0 saturated heterocycles. The van der Waals surface area contributed by atoms with E-state index in [9.17, 15) is 0 Å². The summed E-state index contributed by atoms with van der Waals surface area (Å²) in [5.74, 6) is 0.865. The second kappa shape index (κ2) is 8.44. The number of nitrogen functional groups attached to an aromatic ring is 1. The Morgan fingerprint density at radius 2 is 1.73 bits per heavy atom. The lowest BCUT2D eigenvalue weighted by atomic mass is 10.1. The van der Waals surface area contributed by atoms with Crippen LogP contribution >= 0.6 is 0 Å². The van der Waals surface area contributed by atoms with E-state index < -0.39 is 0 Å². The van der Waals surface area contributed by atoms with Crippen molar-refractivity contribution in [3.63, 3.8) is 0 Å². The van der Waals surface area contributed by atoms with Gasteiger partial charge in [0.05, 0.1) is 5.71 Å². The van der Waals surface area contributed by atoms with Gasteiger partial charge in [-0.05, 0) is 63.4 Å². The molecule has 1 aromatic heterocycles. The molecule has 0 fully saturated rings. The van der Waals surface area contributed by atoms with E-state index >= 15 is 0 Å². The first kappa shape index (κ1) is 19.1. The molecule has 1 heterocycles. The first-order chi connectivity index (χ1) is 14.6. The average Bonchev–Trinajstić information content (AvgIpc) is 3.22. The maximum Gasteiger partial charge on any atom is 0.199 e. The quantitative estimate of drug-likeness (QED) is 0.290. The number of anilines is 1. The number of hydrogen-bond acceptors (Lipinski definition) is 7. The summed E-state index contributed by atoms with van der Waals surface area (Å²) in [7, 11) is 0. The molecular weight excluding hydrogens is 380 g/mol. The number of rotatable bonds is 6. The molecule has 8 nitrogen and oxygen atoms in total. The predicted molar refractivity (Wildman–Crippen MR) is 116 cm³/mol. The van der Waals surface area contributed by atoms with Crippen LogP contribution in [0.5, 0.6) is 5.75 Å². The van der Waals surface area contributed by atoms with Crippen LogP contribution in [0.1, 0.15) is 23.7 Å². The van der Waals surface area contributed by atoms with Gasteiger partial charge in [-0.1, -0.05) is 42.5 Å².